The van der Waals surface area contributed by atoms with E-state index in [1.165, 1.54) is 19.2 Å². The molecule has 106 valence electrons. The van der Waals surface area contributed by atoms with Crippen LogP contribution in [0.2, 0.25) is 0 Å². The molecule has 0 spiro atoms. The van der Waals surface area contributed by atoms with Crippen molar-refractivity contribution in [3.63, 3.8) is 0 Å². The van der Waals surface area contributed by atoms with Crippen molar-refractivity contribution < 1.29 is 19.4 Å². The Balaban J connectivity index is 2.02. The molecule has 0 bridgehead atoms. The Labute approximate surface area is 116 Å². The molecule has 20 heavy (non-hydrogen) atoms. The van der Waals surface area contributed by atoms with Crippen LogP contribution in [0.1, 0.15) is 16.2 Å². The second kappa shape index (κ2) is 6.10. The number of hydrogen-bond acceptors (Lipinski definition) is 4. The van der Waals surface area contributed by atoms with Crippen LogP contribution in [-0.4, -0.2) is 34.3 Å². The molecule has 0 aliphatic rings. The number of nitrogens with zero attached hydrogens (tertiary/aromatic N) is 2. The molecular formula is C14H16N2O4. The third kappa shape index (κ3) is 3.09. The molecule has 1 aromatic heterocycles. The van der Waals surface area contributed by atoms with Gasteiger partial charge >= 0.3 is 5.97 Å². The maximum absolute atomic E-state index is 10.9. The van der Waals surface area contributed by atoms with Crippen LogP contribution in [0.25, 0.3) is 0 Å². The topological polar surface area (TPSA) is 73.6 Å². The van der Waals surface area contributed by atoms with Gasteiger partial charge in [0, 0.05) is 25.9 Å². The number of hydrogen-bond donors (Lipinski definition) is 1. The minimum Gasteiger partial charge on any atom is -0.493 e. The number of aryl methyl sites for hydroxylation is 1. The van der Waals surface area contributed by atoms with Crippen LogP contribution >= 0.6 is 0 Å². The van der Waals surface area contributed by atoms with E-state index < -0.39 is 5.97 Å². The number of benzene rings is 1. The van der Waals surface area contributed by atoms with Gasteiger partial charge in [-0.25, -0.2) is 9.78 Å². The molecule has 0 saturated heterocycles. The van der Waals surface area contributed by atoms with Crippen LogP contribution in [0, 0.1) is 0 Å². The molecule has 0 amide bonds. The molecule has 0 fully saturated rings. The van der Waals surface area contributed by atoms with E-state index in [0.29, 0.717) is 24.5 Å². The Morgan fingerprint density at radius 1 is 1.40 bits per heavy atom. The third-order valence-corrected chi connectivity index (χ3v) is 2.91. The first-order valence-corrected chi connectivity index (χ1v) is 6.12. The molecule has 1 aromatic carbocycles. The number of aromatic carboxylic acids is 1. The normalized spacial score (nSPS) is 10.3. The fourth-order valence-electron chi connectivity index (χ4n) is 1.81. The summed E-state index contributed by atoms with van der Waals surface area (Å²) in [6.45, 7) is 0.438. The highest BCUT2D eigenvalue weighted by atomic mass is 16.5. The van der Waals surface area contributed by atoms with Gasteiger partial charge in [-0.1, -0.05) is 0 Å². The largest absolute Gasteiger partial charge is 0.493 e. The van der Waals surface area contributed by atoms with Crippen LogP contribution < -0.4 is 9.47 Å². The molecule has 0 unspecified atom stereocenters. The lowest BCUT2D eigenvalue weighted by Crippen LogP contribution is -2.07. The number of rotatable bonds is 6. The van der Waals surface area contributed by atoms with Crippen molar-refractivity contribution in [3.05, 3.63) is 42.0 Å². The van der Waals surface area contributed by atoms with Crippen molar-refractivity contribution in [1.29, 1.82) is 0 Å². The maximum Gasteiger partial charge on any atom is 0.335 e. The van der Waals surface area contributed by atoms with Crippen LogP contribution in [0.4, 0.5) is 0 Å². The van der Waals surface area contributed by atoms with E-state index in [1.54, 1.807) is 12.3 Å². The molecule has 0 aliphatic heterocycles. The van der Waals surface area contributed by atoms with Gasteiger partial charge in [-0.2, -0.15) is 0 Å². The highest BCUT2D eigenvalue weighted by molar-refractivity contribution is 5.88. The first-order chi connectivity index (χ1) is 9.61. The van der Waals surface area contributed by atoms with Gasteiger partial charge in [0.1, 0.15) is 5.82 Å². The van der Waals surface area contributed by atoms with E-state index in [9.17, 15) is 4.79 Å². The monoisotopic (exact) mass is 276 g/mol. The lowest BCUT2D eigenvalue weighted by Gasteiger charge is -2.11. The zero-order valence-corrected chi connectivity index (χ0v) is 11.4. The second-order valence-electron chi connectivity index (χ2n) is 4.22. The van der Waals surface area contributed by atoms with Gasteiger partial charge in [-0.15, -0.1) is 0 Å². The Bertz CT molecular complexity index is 607. The van der Waals surface area contributed by atoms with E-state index in [4.69, 9.17) is 14.6 Å². The lowest BCUT2D eigenvalue weighted by atomic mass is 10.2. The van der Waals surface area contributed by atoms with Gasteiger partial charge in [-0.3, -0.25) is 0 Å². The summed E-state index contributed by atoms with van der Waals surface area (Å²) in [5.41, 5.74) is 0.165. The molecule has 2 rings (SSSR count). The molecule has 1 heterocycles. The molecule has 0 aliphatic carbocycles. The van der Waals surface area contributed by atoms with E-state index in [1.807, 2.05) is 17.8 Å². The van der Waals surface area contributed by atoms with Gasteiger partial charge in [0.05, 0.1) is 19.3 Å². The molecule has 6 nitrogen and oxygen atoms in total. The highest BCUT2D eigenvalue weighted by Gasteiger charge is 2.10. The summed E-state index contributed by atoms with van der Waals surface area (Å²) in [5.74, 6) is 0.852. The van der Waals surface area contributed by atoms with Gasteiger partial charge in [0.25, 0.3) is 0 Å². The first-order valence-electron chi connectivity index (χ1n) is 6.12. The minimum absolute atomic E-state index is 0.165. The number of carboxylic acids is 1. The number of ether oxygens (including phenoxy) is 2. The molecule has 0 atom stereocenters. The van der Waals surface area contributed by atoms with Crippen LogP contribution in [0.5, 0.6) is 11.5 Å². The van der Waals surface area contributed by atoms with Crippen molar-refractivity contribution in [2.75, 3.05) is 13.7 Å². The van der Waals surface area contributed by atoms with Crippen molar-refractivity contribution in [2.24, 2.45) is 7.05 Å². The van der Waals surface area contributed by atoms with Crippen molar-refractivity contribution in [1.82, 2.24) is 9.55 Å². The fraction of sp³-hybridized carbons (Fsp3) is 0.286. The summed E-state index contributed by atoms with van der Waals surface area (Å²) < 4.78 is 12.7. The van der Waals surface area contributed by atoms with E-state index in [0.717, 1.165) is 5.82 Å². The molecular weight excluding hydrogens is 260 g/mol. The average Bonchev–Trinajstić information content (AvgIpc) is 2.84. The number of imidazole rings is 1. The average molecular weight is 276 g/mol. The lowest BCUT2D eigenvalue weighted by molar-refractivity contribution is 0.0696. The number of aromatic nitrogens is 2. The molecule has 6 heteroatoms. The second-order valence-corrected chi connectivity index (χ2v) is 4.22. The maximum atomic E-state index is 10.9. The predicted molar refractivity (Wildman–Crippen MR) is 72.4 cm³/mol. The predicted octanol–water partition coefficient (Wildman–Crippen LogP) is 1.75. The highest BCUT2D eigenvalue weighted by Crippen LogP contribution is 2.28. The summed E-state index contributed by atoms with van der Waals surface area (Å²) in [4.78, 5) is 15.1. The van der Waals surface area contributed by atoms with Gasteiger partial charge in [-0.05, 0) is 18.2 Å². The van der Waals surface area contributed by atoms with Crippen molar-refractivity contribution in [3.8, 4) is 11.5 Å². The van der Waals surface area contributed by atoms with Crippen LogP contribution in [0.3, 0.4) is 0 Å². The molecule has 1 N–H and O–H groups in total. The SMILES string of the molecule is COc1cc(C(=O)O)ccc1OCCc1nccn1C. The Morgan fingerprint density at radius 3 is 2.80 bits per heavy atom. The molecule has 2 aromatic rings. The van der Waals surface area contributed by atoms with Gasteiger partial charge in [0.15, 0.2) is 11.5 Å². The number of carbonyl (C=O) groups is 1. The quantitative estimate of drug-likeness (QED) is 0.870. The first kappa shape index (κ1) is 13.9. The zero-order valence-electron chi connectivity index (χ0n) is 11.4. The van der Waals surface area contributed by atoms with E-state index in [2.05, 4.69) is 4.98 Å². The van der Waals surface area contributed by atoms with Crippen molar-refractivity contribution >= 4 is 5.97 Å². The Kier molecular flexibility index (Phi) is 4.24. The summed E-state index contributed by atoms with van der Waals surface area (Å²) in [7, 11) is 3.40. The third-order valence-electron chi connectivity index (χ3n) is 2.91. The van der Waals surface area contributed by atoms with Gasteiger partial charge < -0.3 is 19.1 Å². The van der Waals surface area contributed by atoms with Crippen LogP contribution in [-0.2, 0) is 13.5 Å². The molecule has 0 saturated carbocycles. The van der Waals surface area contributed by atoms with Crippen LogP contribution in [0.15, 0.2) is 30.6 Å². The Hall–Kier alpha value is -2.50. The standard InChI is InChI=1S/C14H16N2O4/c1-16-7-6-15-13(16)5-8-20-11-4-3-10(14(17)18)9-12(11)19-2/h3-4,6-7,9H,5,8H2,1-2H3,(H,17,18). The minimum atomic E-state index is -0.997. The van der Waals surface area contributed by atoms with E-state index in [-0.39, 0.29) is 5.56 Å². The Morgan fingerprint density at radius 2 is 2.20 bits per heavy atom. The molecule has 0 radical (unpaired) electrons. The number of methoxy groups -OCH3 is 1. The smallest absolute Gasteiger partial charge is 0.335 e. The van der Waals surface area contributed by atoms with E-state index >= 15 is 0 Å². The fourth-order valence-corrected chi connectivity index (χ4v) is 1.81. The summed E-state index contributed by atoms with van der Waals surface area (Å²) >= 11 is 0. The number of carboxylic acid groups (broad SMARTS) is 1. The summed E-state index contributed by atoms with van der Waals surface area (Å²) in [6, 6.07) is 4.53. The summed E-state index contributed by atoms with van der Waals surface area (Å²) in [6.07, 6.45) is 4.27. The van der Waals surface area contributed by atoms with Crippen molar-refractivity contribution in [2.45, 2.75) is 6.42 Å². The summed E-state index contributed by atoms with van der Waals surface area (Å²) in [5, 5.41) is 8.92. The zero-order chi connectivity index (χ0) is 14.5. The van der Waals surface area contributed by atoms with Gasteiger partial charge in [0.2, 0.25) is 0 Å².